The van der Waals surface area contributed by atoms with Crippen LogP contribution in [0.25, 0.3) is 0 Å². The molecule has 0 fully saturated rings. The van der Waals surface area contributed by atoms with Crippen LogP contribution in [-0.2, 0) is 11.2 Å². The number of aryl methyl sites for hydroxylation is 1. The number of ether oxygens (including phenoxy) is 1. The molecular weight excluding hydrogens is 266 g/mol. The Morgan fingerprint density at radius 2 is 2.12 bits per heavy atom. The number of halogens is 1. The summed E-state index contributed by atoms with van der Waals surface area (Å²) in [7, 11) is 0. The molecule has 2 nitrogen and oxygen atoms in total. The maximum Gasteiger partial charge on any atom is 0.0664 e. The number of nitrogens with one attached hydrogen (secondary N) is 1. The highest BCUT2D eigenvalue weighted by molar-refractivity contribution is 9.10. The van der Waals surface area contributed by atoms with Crippen LogP contribution in [0.4, 0.5) is 5.69 Å². The molecule has 0 radical (unpaired) electrons. The Morgan fingerprint density at radius 1 is 1.38 bits per heavy atom. The van der Waals surface area contributed by atoms with Gasteiger partial charge < -0.3 is 10.1 Å². The fourth-order valence-electron chi connectivity index (χ4n) is 1.60. The van der Waals surface area contributed by atoms with E-state index >= 15 is 0 Å². The van der Waals surface area contributed by atoms with Crippen molar-refractivity contribution in [2.45, 2.75) is 33.2 Å². The first-order chi connectivity index (χ1) is 7.67. The average Bonchev–Trinajstić information content (AvgIpc) is 2.28. The lowest BCUT2D eigenvalue weighted by atomic mass is 10.1. The standard InChI is InChI=1S/C13H20BrNO/c1-4-11-8-12(14)6-7-13(11)15-10(3)9-16-5-2/h6-8,10,15H,4-5,9H2,1-3H3. The smallest absolute Gasteiger partial charge is 0.0664 e. The normalized spacial score (nSPS) is 12.5. The van der Waals surface area contributed by atoms with Crippen LogP contribution in [0.15, 0.2) is 22.7 Å². The van der Waals surface area contributed by atoms with Gasteiger partial charge in [0.15, 0.2) is 0 Å². The second-order valence-electron chi connectivity index (χ2n) is 3.86. The molecule has 1 unspecified atom stereocenters. The van der Waals surface area contributed by atoms with Gasteiger partial charge >= 0.3 is 0 Å². The molecule has 0 saturated heterocycles. The van der Waals surface area contributed by atoms with Gasteiger partial charge in [-0.2, -0.15) is 0 Å². The molecule has 16 heavy (non-hydrogen) atoms. The summed E-state index contributed by atoms with van der Waals surface area (Å²) in [6.07, 6.45) is 1.03. The minimum atomic E-state index is 0.339. The van der Waals surface area contributed by atoms with Gasteiger partial charge in [-0.15, -0.1) is 0 Å². The van der Waals surface area contributed by atoms with Crippen LogP contribution in [0.5, 0.6) is 0 Å². The minimum absolute atomic E-state index is 0.339. The third-order valence-electron chi connectivity index (χ3n) is 2.42. The molecule has 0 aliphatic rings. The summed E-state index contributed by atoms with van der Waals surface area (Å²) in [5, 5.41) is 3.48. The molecule has 1 rings (SSSR count). The highest BCUT2D eigenvalue weighted by atomic mass is 79.9. The van der Waals surface area contributed by atoms with Gasteiger partial charge in [0.25, 0.3) is 0 Å². The summed E-state index contributed by atoms with van der Waals surface area (Å²) >= 11 is 3.49. The van der Waals surface area contributed by atoms with Crippen molar-refractivity contribution in [2.75, 3.05) is 18.5 Å². The zero-order valence-electron chi connectivity index (χ0n) is 10.2. The average molecular weight is 286 g/mol. The summed E-state index contributed by atoms with van der Waals surface area (Å²) in [5.74, 6) is 0. The van der Waals surface area contributed by atoms with E-state index < -0.39 is 0 Å². The molecule has 1 aromatic rings. The van der Waals surface area contributed by atoms with Gasteiger partial charge in [-0.1, -0.05) is 22.9 Å². The van der Waals surface area contributed by atoms with Crippen molar-refractivity contribution in [2.24, 2.45) is 0 Å². The molecule has 0 bridgehead atoms. The summed E-state index contributed by atoms with van der Waals surface area (Å²) in [6, 6.07) is 6.68. The van der Waals surface area contributed by atoms with Gasteiger partial charge in [0, 0.05) is 22.8 Å². The molecule has 90 valence electrons. The van der Waals surface area contributed by atoms with Crippen LogP contribution in [0, 0.1) is 0 Å². The van der Waals surface area contributed by atoms with E-state index in [0.717, 1.165) is 24.1 Å². The quantitative estimate of drug-likeness (QED) is 0.857. The van der Waals surface area contributed by atoms with Crippen LogP contribution in [0.2, 0.25) is 0 Å². The van der Waals surface area contributed by atoms with Crippen molar-refractivity contribution in [3.05, 3.63) is 28.2 Å². The van der Waals surface area contributed by atoms with Crippen LogP contribution in [0.1, 0.15) is 26.3 Å². The summed E-state index contributed by atoms with van der Waals surface area (Å²) < 4.78 is 6.52. The predicted molar refractivity (Wildman–Crippen MR) is 73.1 cm³/mol. The second-order valence-corrected chi connectivity index (χ2v) is 4.78. The third kappa shape index (κ3) is 4.14. The number of rotatable bonds is 6. The highest BCUT2D eigenvalue weighted by Gasteiger charge is 2.05. The first-order valence-electron chi connectivity index (χ1n) is 5.80. The van der Waals surface area contributed by atoms with E-state index in [0.29, 0.717) is 6.04 Å². The molecule has 0 heterocycles. The first kappa shape index (κ1) is 13.5. The van der Waals surface area contributed by atoms with Crippen molar-refractivity contribution >= 4 is 21.6 Å². The van der Waals surface area contributed by atoms with Gasteiger partial charge in [-0.25, -0.2) is 0 Å². The zero-order chi connectivity index (χ0) is 12.0. The van der Waals surface area contributed by atoms with Crippen molar-refractivity contribution in [3.63, 3.8) is 0 Å². The predicted octanol–water partition coefficient (Wildman–Crippen LogP) is 3.85. The maximum atomic E-state index is 5.39. The van der Waals surface area contributed by atoms with Crippen molar-refractivity contribution < 1.29 is 4.74 Å². The molecule has 0 amide bonds. The Hall–Kier alpha value is -0.540. The van der Waals surface area contributed by atoms with Crippen molar-refractivity contribution in [1.82, 2.24) is 0 Å². The molecule has 0 spiro atoms. The number of hydrogen-bond acceptors (Lipinski definition) is 2. The summed E-state index contributed by atoms with van der Waals surface area (Å²) in [4.78, 5) is 0. The third-order valence-corrected chi connectivity index (χ3v) is 2.92. The zero-order valence-corrected chi connectivity index (χ0v) is 11.8. The first-order valence-corrected chi connectivity index (χ1v) is 6.59. The number of hydrogen-bond donors (Lipinski definition) is 1. The largest absolute Gasteiger partial charge is 0.380 e. The molecule has 0 aromatic heterocycles. The summed E-state index contributed by atoms with van der Waals surface area (Å²) in [5.41, 5.74) is 2.54. The van der Waals surface area contributed by atoms with Crippen LogP contribution >= 0.6 is 15.9 Å². The van der Waals surface area contributed by atoms with E-state index in [1.54, 1.807) is 0 Å². The van der Waals surface area contributed by atoms with Gasteiger partial charge in [0.2, 0.25) is 0 Å². The molecule has 3 heteroatoms. The Bertz CT molecular complexity index is 328. The fourth-order valence-corrected chi connectivity index (χ4v) is 2.01. The van der Waals surface area contributed by atoms with E-state index in [2.05, 4.69) is 53.3 Å². The van der Waals surface area contributed by atoms with E-state index in [1.807, 2.05) is 6.92 Å². The monoisotopic (exact) mass is 285 g/mol. The van der Waals surface area contributed by atoms with E-state index in [4.69, 9.17) is 4.74 Å². The lowest BCUT2D eigenvalue weighted by Gasteiger charge is -2.17. The highest BCUT2D eigenvalue weighted by Crippen LogP contribution is 2.22. The fraction of sp³-hybridized carbons (Fsp3) is 0.538. The molecular formula is C13H20BrNO. The van der Waals surface area contributed by atoms with Crippen LogP contribution < -0.4 is 5.32 Å². The SMILES string of the molecule is CCOCC(C)Nc1ccc(Br)cc1CC. The molecule has 0 saturated carbocycles. The molecule has 1 N–H and O–H groups in total. The minimum Gasteiger partial charge on any atom is -0.380 e. The van der Waals surface area contributed by atoms with Gasteiger partial charge in [0.1, 0.15) is 0 Å². The summed E-state index contributed by atoms with van der Waals surface area (Å²) in [6.45, 7) is 7.84. The topological polar surface area (TPSA) is 21.3 Å². The van der Waals surface area contributed by atoms with Crippen molar-refractivity contribution in [1.29, 1.82) is 0 Å². The molecule has 1 aromatic carbocycles. The van der Waals surface area contributed by atoms with Gasteiger partial charge in [-0.05, 0) is 44.0 Å². The lowest BCUT2D eigenvalue weighted by Crippen LogP contribution is -2.22. The number of benzene rings is 1. The van der Waals surface area contributed by atoms with Gasteiger partial charge in [0.05, 0.1) is 6.61 Å². The number of anilines is 1. The Balaban J connectivity index is 2.65. The second kappa shape index (κ2) is 6.92. The molecule has 0 aliphatic carbocycles. The van der Waals surface area contributed by atoms with Crippen molar-refractivity contribution in [3.8, 4) is 0 Å². The molecule has 0 aliphatic heterocycles. The van der Waals surface area contributed by atoms with E-state index in [1.165, 1.54) is 11.3 Å². The molecule has 1 atom stereocenters. The Kier molecular flexibility index (Phi) is 5.85. The van der Waals surface area contributed by atoms with E-state index in [9.17, 15) is 0 Å². The lowest BCUT2D eigenvalue weighted by molar-refractivity contribution is 0.141. The Morgan fingerprint density at radius 3 is 2.75 bits per heavy atom. The van der Waals surface area contributed by atoms with Crippen LogP contribution in [0.3, 0.4) is 0 Å². The van der Waals surface area contributed by atoms with E-state index in [-0.39, 0.29) is 0 Å². The Labute approximate surface area is 107 Å². The van der Waals surface area contributed by atoms with Crippen LogP contribution in [-0.4, -0.2) is 19.3 Å². The van der Waals surface area contributed by atoms with Gasteiger partial charge in [-0.3, -0.25) is 0 Å². The maximum absolute atomic E-state index is 5.39.